The maximum Gasteiger partial charge on any atom is 0.120 e. The molecule has 0 bridgehead atoms. The van der Waals surface area contributed by atoms with Crippen LogP contribution < -0.4 is 10.6 Å². The number of aromatic nitrogens is 1. The summed E-state index contributed by atoms with van der Waals surface area (Å²) >= 11 is 9.43. The summed E-state index contributed by atoms with van der Waals surface area (Å²) in [7, 11) is 0. The molecule has 0 spiro atoms. The van der Waals surface area contributed by atoms with E-state index in [-0.39, 0.29) is 0 Å². The quantitative estimate of drug-likeness (QED) is 0.473. The molecule has 1 heterocycles. The Balaban J connectivity index is 1.47. The first kappa shape index (κ1) is 18.0. The third-order valence-electron chi connectivity index (χ3n) is 3.91. The Labute approximate surface area is 160 Å². The molecule has 1 aromatic heterocycles. The summed E-state index contributed by atoms with van der Waals surface area (Å²) in [4.78, 5) is 4.34. The average molecular weight is 421 g/mol. The van der Waals surface area contributed by atoms with Crippen LogP contribution in [0.2, 0.25) is 5.02 Å². The summed E-state index contributed by atoms with van der Waals surface area (Å²) in [6, 6.07) is 13.2. The van der Waals surface area contributed by atoms with E-state index < -0.39 is 0 Å². The standard InChI is InChI=1S/C19H19BrClN3O/c20-14-2-5-19(25)13(10-14)12-22-7-1-8-23-17-6-9-24-18-11-15(21)3-4-16(17)18/h2-6,9-11,22,25H,1,7-8,12H2,(H,23,24). The molecule has 0 aliphatic rings. The molecular formula is C19H19BrClN3O. The van der Waals surface area contributed by atoms with Gasteiger partial charge in [0.1, 0.15) is 5.75 Å². The largest absolute Gasteiger partial charge is 0.508 e. The molecule has 3 aromatic rings. The van der Waals surface area contributed by atoms with Crippen molar-refractivity contribution >= 4 is 44.1 Å². The Hall–Kier alpha value is -1.82. The van der Waals surface area contributed by atoms with Crippen LogP contribution in [0, 0.1) is 0 Å². The van der Waals surface area contributed by atoms with Crippen LogP contribution in [0.25, 0.3) is 10.9 Å². The van der Waals surface area contributed by atoms with Crippen molar-refractivity contribution in [1.82, 2.24) is 10.3 Å². The molecule has 25 heavy (non-hydrogen) atoms. The molecule has 0 fully saturated rings. The maximum absolute atomic E-state index is 9.82. The van der Waals surface area contributed by atoms with Crippen LogP contribution in [0.1, 0.15) is 12.0 Å². The van der Waals surface area contributed by atoms with E-state index in [2.05, 4.69) is 31.5 Å². The fourth-order valence-electron chi connectivity index (χ4n) is 2.63. The first-order chi connectivity index (χ1) is 12.1. The van der Waals surface area contributed by atoms with E-state index in [1.807, 2.05) is 36.4 Å². The van der Waals surface area contributed by atoms with Crippen LogP contribution in [0.5, 0.6) is 5.75 Å². The molecule has 0 saturated heterocycles. The van der Waals surface area contributed by atoms with Crippen molar-refractivity contribution in [1.29, 1.82) is 0 Å². The topological polar surface area (TPSA) is 57.2 Å². The molecule has 0 saturated carbocycles. The minimum absolute atomic E-state index is 0.316. The van der Waals surface area contributed by atoms with Crippen LogP contribution in [-0.4, -0.2) is 23.2 Å². The molecule has 0 aliphatic carbocycles. The molecule has 0 radical (unpaired) electrons. The third-order valence-corrected chi connectivity index (χ3v) is 4.64. The number of rotatable bonds is 7. The molecule has 4 nitrogen and oxygen atoms in total. The van der Waals surface area contributed by atoms with Gasteiger partial charge in [0.15, 0.2) is 0 Å². The predicted molar refractivity (Wildman–Crippen MR) is 107 cm³/mol. The molecule has 2 aromatic carbocycles. The number of benzene rings is 2. The zero-order valence-electron chi connectivity index (χ0n) is 13.6. The number of phenols is 1. The molecule has 0 aliphatic heterocycles. The second kappa shape index (κ2) is 8.52. The predicted octanol–water partition coefficient (Wildman–Crippen LogP) is 4.95. The van der Waals surface area contributed by atoms with E-state index in [1.54, 1.807) is 12.3 Å². The SMILES string of the molecule is Oc1ccc(Br)cc1CNCCCNc1ccnc2cc(Cl)ccc12. The molecule has 3 rings (SSSR count). The van der Waals surface area contributed by atoms with E-state index in [4.69, 9.17) is 11.6 Å². The van der Waals surface area contributed by atoms with Crippen molar-refractivity contribution in [2.75, 3.05) is 18.4 Å². The lowest BCUT2D eigenvalue weighted by molar-refractivity contribution is 0.464. The van der Waals surface area contributed by atoms with Crippen LogP contribution in [0.4, 0.5) is 5.69 Å². The first-order valence-corrected chi connectivity index (χ1v) is 9.27. The number of anilines is 1. The minimum atomic E-state index is 0.316. The van der Waals surface area contributed by atoms with Gasteiger partial charge in [-0.05, 0) is 55.4 Å². The van der Waals surface area contributed by atoms with Gasteiger partial charge in [-0.25, -0.2) is 0 Å². The molecule has 130 valence electrons. The number of pyridine rings is 1. The number of nitrogens with zero attached hydrogens (tertiary/aromatic N) is 1. The fraction of sp³-hybridized carbons (Fsp3) is 0.211. The van der Waals surface area contributed by atoms with Crippen LogP contribution in [0.3, 0.4) is 0 Å². The zero-order valence-corrected chi connectivity index (χ0v) is 15.9. The molecule has 0 amide bonds. The summed E-state index contributed by atoms with van der Waals surface area (Å²) in [5.74, 6) is 0.316. The highest BCUT2D eigenvalue weighted by atomic mass is 79.9. The Kier molecular flexibility index (Phi) is 6.13. The number of nitrogens with one attached hydrogen (secondary N) is 2. The van der Waals surface area contributed by atoms with Gasteiger partial charge >= 0.3 is 0 Å². The van der Waals surface area contributed by atoms with Gasteiger partial charge in [-0.2, -0.15) is 0 Å². The number of hydrogen-bond donors (Lipinski definition) is 3. The number of halogens is 2. The zero-order chi connectivity index (χ0) is 17.6. The minimum Gasteiger partial charge on any atom is -0.508 e. The monoisotopic (exact) mass is 419 g/mol. The summed E-state index contributed by atoms with van der Waals surface area (Å²) in [5, 5.41) is 18.4. The Morgan fingerprint density at radius 2 is 1.96 bits per heavy atom. The molecular weight excluding hydrogens is 402 g/mol. The normalized spacial score (nSPS) is 11.0. The van der Waals surface area contributed by atoms with Gasteiger partial charge in [0.2, 0.25) is 0 Å². The number of fused-ring (bicyclic) bond motifs is 1. The van der Waals surface area contributed by atoms with E-state index in [9.17, 15) is 5.11 Å². The number of aromatic hydroxyl groups is 1. The Morgan fingerprint density at radius 3 is 2.84 bits per heavy atom. The van der Waals surface area contributed by atoms with Gasteiger partial charge in [-0.1, -0.05) is 27.5 Å². The lowest BCUT2D eigenvalue weighted by Crippen LogP contribution is -2.17. The van der Waals surface area contributed by atoms with E-state index in [0.717, 1.165) is 46.1 Å². The first-order valence-electron chi connectivity index (χ1n) is 8.10. The van der Waals surface area contributed by atoms with Crippen molar-refractivity contribution in [3.63, 3.8) is 0 Å². The van der Waals surface area contributed by atoms with Crippen molar-refractivity contribution < 1.29 is 5.11 Å². The lowest BCUT2D eigenvalue weighted by Gasteiger charge is -2.10. The summed E-state index contributed by atoms with van der Waals surface area (Å²) < 4.78 is 0.966. The van der Waals surface area contributed by atoms with Crippen LogP contribution >= 0.6 is 27.5 Å². The van der Waals surface area contributed by atoms with Gasteiger partial charge in [0, 0.05) is 45.4 Å². The summed E-state index contributed by atoms with van der Waals surface area (Å²) in [6.45, 7) is 2.34. The molecule has 6 heteroatoms. The summed E-state index contributed by atoms with van der Waals surface area (Å²) in [5.41, 5.74) is 2.84. The van der Waals surface area contributed by atoms with Crippen molar-refractivity contribution in [3.05, 3.63) is 63.7 Å². The molecule has 0 unspecified atom stereocenters. The molecule has 0 atom stereocenters. The van der Waals surface area contributed by atoms with Gasteiger partial charge < -0.3 is 15.7 Å². The number of phenolic OH excluding ortho intramolecular Hbond substituents is 1. The lowest BCUT2D eigenvalue weighted by atomic mass is 10.2. The fourth-order valence-corrected chi connectivity index (χ4v) is 3.21. The van der Waals surface area contributed by atoms with Crippen molar-refractivity contribution in [3.8, 4) is 5.75 Å². The van der Waals surface area contributed by atoms with Crippen molar-refractivity contribution in [2.45, 2.75) is 13.0 Å². The number of hydrogen-bond acceptors (Lipinski definition) is 4. The van der Waals surface area contributed by atoms with Gasteiger partial charge in [0.25, 0.3) is 0 Å². The summed E-state index contributed by atoms with van der Waals surface area (Å²) in [6.07, 6.45) is 2.75. The second-order valence-electron chi connectivity index (χ2n) is 5.75. The smallest absolute Gasteiger partial charge is 0.120 e. The van der Waals surface area contributed by atoms with Crippen LogP contribution in [-0.2, 0) is 6.54 Å². The Morgan fingerprint density at radius 1 is 1.08 bits per heavy atom. The second-order valence-corrected chi connectivity index (χ2v) is 7.10. The Bertz CT molecular complexity index is 872. The average Bonchev–Trinajstić information content (AvgIpc) is 2.60. The van der Waals surface area contributed by atoms with Gasteiger partial charge in [0.05, 0.1) is 5.52 Å². The van der Waals surface area contributed by atoms with E-state index >= 15 is 0 Å². The van der Waals surface area contributed by atoms with Crippen molar-refractivity contribution in [2.24, 2.45) is 0 Å². The highest BCUT2D eigenvalue weighted by Gasteiger charge is 2.03. The molecule has 3 N–H and O–H groups in total. The van der Waals surface area contributed by atoms with E-state index in [0.29, 0.717) is 17.3 Å². The maximum atomic E-state index is 9.82. The van der Waals surface area contributed by atoms with E-state index in [1.165, 1.54) is 0 Å². The highest BCUT2D eigenvalue weighted by molar-refractivity contribution is 9.10. The third kappa shape index (κ3) is 4.84. The highest BCUT2D eigenvalue weighted by Crippen LogP contribution is 2.24. The van der Waals surface area contributed by atoms with Crippen LogP contribution in [0.15, 0.2) is 53.1 Å². The van der Waals surface area contributed by atoms with Gasteiger partial charge in [-0.15, -0.1) is 0 Å². The van der Waals surface area contributed by atoms with Gasteiger partial charge in [-0.3, -0.25) is 4.98 Å².